The van der Waals surface area contributed by atoms with Crippen LogP contribution in [0.1, 0.15) is 32.1 Å². The summed E-state index contributed by atoms with van der Waals surface area (Å²) in [5.74, 6) is -0.470. The van der Waals surface area contributed by atoms with Crippen molar-refractivity contribution in [3.8, 4) is 33.9 Å². The van der Waals surface area contributed by atoms with Crippen molar-refractivity contribution < 1.29 is 13.6 Å². The second-order valence-corrected chi connectivity index (χ2v) is 12.3. The van der Waals surface area contributed by atoms with Crippen LogP contribution in [0.15, 0.2) is 61.1 Å². The molecule has 47 heavy (non-hydrogen) atoms. The largest absolute Gasteiger partial charge is 0.384 e. The van der Waals surface area contributed by atoms with Crippen LogP contribution in [0.25, 0.3) is 55.8 Å². The van der Waals surface area contributed by atoms with Crippen molar-refractivity contribution in [2.24, 2.45) is 5.92 Å². The first-order chi connectivity index (χ1) is 22.8. The summed E-state index contributed by atoms with van der Waals surface area (Å²) in [7, 11) is 3.95. The lowest BCUT2D eigenvalue weighted by Gasteiger charge is -2.20. The molecule has 1 fully saturated rings. The lowest BCUT2D eigenvalue weighted by Crippen LogP contribution is -2.24. The second kappa shape index (κ2) is 12.9. The summed E-state index contributed by atoms with van der Waals surface area (Å²) in [5, 5.41) is 14.0. The average molecular weight is 636 g/mol. The lowest BCUT2D eigenvalue weighted by molar-refractivity contribution is -0.120. The van der Waals surface area contributed by atoms with Crippen molar-refractivity contribution >= 4 is 39.2 Å². The average Bonchev–Trinajstić information content (AvgIpc) is 3.69. The predicted molar refractivity (Wildman–Crippen MR) is 180 cm³/mol. The topological polar surface area (TPSA) is 128 Å². The molecule has 0 spiro atoms. The molecule has 0 bridgehead atoms. The third-order valence-electron chi connectivity index (χ3n) is 8.62. The summed E-state index contributed by atoms with van der Waals surface area (Å²) < 4.78 is 30.2. The highest BCUT2D eigenvalue weighted by Crippen LogP contribution is 2.35. The van der Waals surface area contributed by atoms with Crippen molar-refractivity contribution in [3.05, 3.63) is 72.7 Å². The number of aromatic amines is 2. The number of fused-ring (bicyclic) bond motifs is 2. The monoisotopic (exact) mass is 635 g/mol. The van der Waals surface area contributed by atoms with Crippen molar-refractivity contribution in [2.45, 2.75) is 32.1 Å². The minimum Gasteiger partial charge on any atom is -0.384 e. The Bertz CT molecular complexity index is 2080. The number of carbonyl (C=O) groups is 1. The number of imidazole rings is 1. The standard InChI is InChI=1S/C35H35F2N9O/c1-46(2)11-10-39-25-13-22(12-24(36)17-25)30-33-29(8-9-40-30)42-34(43-33)32-27-15-21(16-28(37)31(27)44-45-32)23-14-26(19-38-18-23)41-35(47)20-6-4-3-5-7-20/h8-9,12-20,39H,3-7,10-11H2,1-2H3,(H,41,47)(H,42,43)(H,44,45). The van der Waals surface area contributed by atoms with Gasteiger partial charge >= 0.3 is 0 Å². The Morgan fingerprint density at radius 1 is 0.957 bits per heavy atom. The number of anilines is 2. The molecule has 1 aliphatic rings. The number of carbonyl (C=O) groups excluding carboxylic acids is 1. The zero-order chi connectivity index (χ0) is 32.5. The van der Waals surface area contributed by atoms with Gasteiger partial charge in [0.2, 0.25) is 5.91 Å². The summed E-state index contributed by atoms with van der Waals surface area (Å²) >= 11 is 0. The van der Waals surface area contributed by atoms with E-state index in [1.165, 1.54) is 24.6 Å². The highest BCUT2D eigenvalue weighted by Gasteiger charge is 2.22. The molecule has 4 N–H and O–H groups in total. The van der Waals surface area contributed by atoms with E-state index in [2.05, 4.69) is 35.8 Å². The summed E-state index contributed by atoms with van der Waals surface area (Å²) in [6.07, 6.45) is 9.95. The smallest absolute Gasteiger partial charge is 0.227 e. The van der Waals surface area contributed by atoms with Gasteiger partial charge in [0.25, 0.3) is 0 Å². The highest BCUT2D eigenvalue weighted by atomic mass is 19.1. The van der Waals surface area contributed by atoms with Crippen molar-refractivity contribution in [2.75, 3.05) is 37.8 Å². The van der Waals surface area contributed by atoms with E-state index in [1.54, 1.807) is 30.7 Å². The van der Waals surface area contributed by atoms with Gasteiger partial charge in [0.05, 0.1) is 23.1 Å². The zero-order valence-corrected chi connectivity index (χ0v) is 26.2. The van der Waals surface area contributed by atoms with Crippen LogP contribution in [0.4, 0.5) is 20.2 Å². The van der Waals surface area contributed by atoms with Crippen molar-refractivity contribution in [1.82, 2.24) is 35.0 Å². The predicted octanol–water partition coefficient (Wildman–Crippen LogP) is 7.00. The minimum absolute atomic E-state index is 0.00179. The van der Waals surface area contributed by atoms with Gasteiger partial charge in [-0.25, -0.2) is 13.8 Å². The Balaban J connectivity index is 1.21. The molecule has 0 atom stereocenters. The normalized spacial score (nSPS) is 13.9. The molecule has 1 saturated carbocycles. The first-order valence-electron chi connectivity index (χ1n) is 15.8. The summed E-state index contributed by atoms with van der Waals surface area (Å²) in [4.78, 5) is 31.9. The fourth-order valence-corrected chi connectivity index (χ4v) is 6.21. The van der Waals surface area contributed by atoms with E-state index < -0.39 is 5.82 Å². The number of pyridine rings is 2. The molecular formula is C35H35F2N9O. The number of nitrogens with one attached hydrogen (secondary N) is 4. The number of aromatic nitrogens is 6. The first-order valence-corrected chi connectivity index (χ1v) is 15.8. The number of nitrogens with zero attached hydrogens (tertiary/aromatic N) is 5. The Labute approximate surface area is 270 Å². The van der Waals surface area contributed by atoms with Crippen molar-refractivity contribution in [3.63, 3.8) is 0 Å². The molecule has 0 radical (unpaired) electrons. The van der Waals surface area contributed by atoms with E-state index in [0.29, 0.717) is 68.2 Å². The van der Waals surface area contributed by atoms with Crippen LogP contribution in [0.5, 0.6) is 0 Å². The number of benzene rings is 2. The Kier molecular flexibility index (Phi) is 8.33. The number of H-pyrrole nitrogens is 2. The lowest BCUT2D eigenvalue weighted by atomic mass is 9.88. The number of likely N-dealkylation sites (N-methyl/N-ethyl adjacent to an activating group) is 1. The van der Waals surface area contributed by atoms with Gasteiger partial charge in [-0.15, -0.1) is 0 Å². The first kappa shape index (κ1) is 30.4. The Morgan fingerprint density at radius 3 is 2.62 bits per heavy atom. The Morgan fingerprint density at radius 2 is 1.79 bits per heavy atom. The molecule has 2 aromatic carbocycles. The maximum absolute atomic E-state index is 15.5. The molecule has 0 saturated heterocycles. The van der Waals surface area contributed by atoms with Crippen LogP contribution in [0.2, 0.25) is 0 Å². The van der Waals surface area contributed by atoms with Gasteiger partial charge in [0, 0.05) is 53.6 Å². The quantitative estimate of drug-likeness (QED) is 0.135. The molecule has 0 unspecified atom stereocenters. The molecule has 1 aliphatic carbocycles. The van der Waals surface area contributed by atoms with Gasteiger partial charge in [-0.3, -0.25) is 19.9 Å². The molecular weight excluding hydrogens is 600 g/mol. The molecule has 1 amide bonds. The number of hydrogen-bond donors (Lipinski definition) is 4. The molecule has 240 valence electrons. The van der Waals surface area contributed by atoms with Crippen LogP contribution in [-0.4, -0.2) is 68.1 Å². The van der Waals surface area contributed by atoms with Gasteiger partial charge < -0.3 is 20.5 Å². The van der Waals surface area contributed by atoms with Crippen LogP contribution >= 0.6 is 0 Å². The summed E-state index contributed by atoms with van der Waals surface area (Å²) in [6.45, 7) is 1.45. The molecule has 12 heteroatoms. The van der Waals surface area contributed by atoms with E-state index in [-0.39, 0.29) is 23.2 Å². The van der Waals surface area contributed by atoms with Crippen LogP contribution in [-0.2, 0) is 4.79 Å². The molecule has 0 aliphatic heterocycles. The van der Waals surface area contributed by atoms with Gasteiger partial charge in [-0.1, -0.05) is 19.3 Å². The van der Waals surface area contributed by atoms with Crippen LogP contribution in [0.3, 0.4) is 0 Å². The van der Waals surface area contributed by atoms with E-state index in [9.17, 15) is 9.18 Å². The van der Waals surface area contributed by atoms with Gasteiger partial charge in [0.1, 0.15) is 22.5 Å². The van der Waals surface area contributed by atoms with Crippen LogP contribution in [0, 0.1) is 17.6 Å². The SMILES string of the molecule is CN(C)CCNc1cc(F)cc(-c2nccc3[nH]c(-c4[nH]nc5c(F)cc(-c6cncc(NC(=O)C7CCCCC7)c6)cc45)nc23)c1. The van der Waals surface area contributed by atoms with Gasteiger partial charge in [-0.05, 0) is 75.0 Å². The van der Waals surface area contributed by atoms with E-state index in [4.69, 9.17) is 4.98 Å². The minimum atomic E-state index is -0.510. The van der Waals surface area contributed by atoms with E-state index in [0.717, 1.165) is 32.2 Å². The second-order valence-electron chi connectivity index (χ2n) is 12.3. The summed E-state index contributed by atoms with van der Waals surface area (Å²) in [5.41, 5.74) is 5.39. The number of amides is 1. The fraction of sp³-hybridized carbons (Fsp3) is 0.286. The van der Waals surface area contributed by atoms with E-state index in [1.807, 2.05) is 31.1 Å². The van der Waals surface area contributed by atoms with Gasteiger partial charge in [-0.2, -0.15) is 5.10 Å². The molecule has 10 nitrogen and oxygen atoms in total. The fourth-order valence-electron chi connectivity index (χ4n) is 6.21. The molecule has 4 aromatic heterocycles. The van der Waals surface area contributed by atoms with Gasteiger partial charge in [0.15, 0.2) is 11.6 Å². The number of rotatable bonds is 9. The molecule has 4 heterocycles. The molecule has 7 rings (SSSR count). The number of halogens is 2. The summed E-state index contributed by atoms with van der Waals surface area (Å²) in [6, 6.07) is 11.6. The Hall–Kier alpha value is -5.23. The van der Waals surface area contributed by atoms with Crippen molar-refractivity contribution in [1.29, 1.82) is 0 Å². The van der Waals surface area contributed by atoms with E-state index >= 15 is 4.39 Å². The van der Waals surface area contributed by atoms with Crippen LogP contribution < -0.4 is 10.6 Å². The maximum Gasteiger partial charge on any atom is 0.227 e. The zero-order valence-electron chi connectivity index (χ0n) is 26.2. The third-order valence-corrected chi connectivity index (χ3v) is 8.62. The maximum atomic E-state index is 15.5. The third kappa shape index (κ3) is 6.41. The number of hydrogen-bond acceptors (Lipinski definition) is 7. The highest BCUT2D eigenvalue weighted by molar-refractivity contribution is 5.98. The molecule has 6 aromatic rings.